The first-order chi connectivity index (χ1) is 11.3. The molecule has 0 radical (unpaired) electrons. The van der Waals surface area contributed by atoms with E-state index in [4.69, 9.17) is 0 Å². The molecule has 4 amide bonds. The molecule has 6 nitrogen and oxygen atoms in total. The lowest BCUT2D eigenvalue weighted by atomic mass is 9.91. The van der Waals surface area contributed by atoms with E-state index in [1.165, 1.54) is 0 Å². The number of aryl methyl sites for hydroxylation is 1. The molecule has 1 saturated carbocycles. The molecule has 1 aromatic carbocycles. The van der Waals surface area contributed by atoms with Crippen LogP contribution in [0.15, 0.2) is 24.3 Å². The average molecular weight is 329 g/mol. The van der Waals surface area contributed by atoms with Crippen LogP contribution in [0.2, 0.25) is 0 Å². The summed E-state index contributed by atoms with van der Waals surface area (Å²) >= 11 is 0. The predicted octanol–water partition coefficient (Wildman–Crippen LogP) is 1.68. The number of urea groups is 1. The first kappa shape index (κ1) is 16.5. The molecule has 6 heteroatoms. The number of amides is 4. The first-order valence-corrected chi connectivity index (χ1v) is 8.32. The summed E-state index contributed by atoms with van der Waals surface area (Å²) < 4.78 is 0. The summed E-state index contributed by atoms with van der Waals surface area (Å²) in [5.41, 5.74) is 0.651. The highest BCUT2D eigenvalue weighted by Crippen LogP contribution is 2.32. The molecule has 128 valence electrons. The molecule has 1 aliphatic carbocycles. The molecule has 2 N–H and O–H groups in total. The van der Waals surface area contributed by atoms with E-state index in [1.807, 2.05) is 38.1 Å². The van der Waals surface area contributed by atoms with E-state index in [0.717, 1.165) is 23.3 Å². The van der Waals surface area contributed by atoms with Gasteiger partial charge in [-0.2, -0.15) is 0 Å². The molecule has 1 saturated heterocycles. The van der Waals surface area contributed by atoms with E-state index >= 15 is 0 Å². The Morgan fingerprint density at radius 3 is 2.54 bits per heavy atom. The molecule has 0 aromatic heterocycles. The van der Waals surface area contributed by atoms with Crippen LogP contribution in [0, 0.1) is 12.8 Å². The molecule has 0 spiro atoms. The van der Waals surface area contributed by atoms with Crippen molar-refractivity contribution in [1.82, 2.24) is 15.5 Å². The highest BCUT2D eigenvalue weighted by atomic mass is 16.2. The molecule has 3 rings (SSSR count). The standard InChI is InChI=1S/C18H23N3O3/c1-11-4-8-14(9-5-11)18(3)16(23)21(17(24)20-18)10-15(22)19-12(2)13-6-7-13/h4-5,8-9,12-13H,6-7,10H2,1-3H3,(H,19,22)(H,20,24)/t12-,18-/m1/s1. The third-order valence-electron chi connectivity index (χ3n) is 4.92. The number of nitrogens with zero attached hydrogens (tertiary/aromatic N) is 1. The average Bonchev–Trinajstić information content (AvgIpc) is 3.34. The number of nitrogens with one attached hydrogen (secondary N) is 2. The smallest absolute Gasteiger partial charge is 0.325 e. The Bertz CT molecular complexity index is 681. The number of imide groups is 1. The summed E-state index contributed by atoms with van der Waals surface area (Å²) in [5, 5.41) is 5.59. The Balaban J connectivity index is 1.71. The largest absolute Gasteiger partial charge is 0.352 e. The minimum atomic E-state index is -1.13. The number of hydrogen-bond acceptors (Lipinski definition) is 3. The second-order valence-corrected chi connectivity index (χ2v) is 7.01. The normalized spacial score (nSPS) is 24.7. The van der Waals surface area contributed by atoms with Crippen molar-refractivity contribution in [1.29, 1.82) is 0 Å². The molecule has 2 aliphatic rings. The van der Waals surface area contributed by atoms with E-state index in [9.17, 15) is 14.4 Å². The molecule has 24 heavy (non-hydrogen) atoms. The van der Waals surface area contributed by atoms with Gasteiger partial charge in [0.25, 0.3) is 5.91 Å². The van der Waals surface area contributed by atoms with Crippen molar-refractivity contribution >= 4 is 17.8 Å². The molecule has 0 bridgehead atoms. The summed E-state index contributed by atoms with van der Waals surface area (Å²) in [6.07, 6.45) is 2.24. The van der Waals surface area contributed by atoms with Gasteiger partial charge in [-0.05, 0) is 45.1 Å². The summed E-state index contributed by atoms with van der Waals surface area (Å²) in [6.45, 7) is 5.34. The zero-order valence-electron chi connectivity index (χ0n) is 14.3. The number of carbonyl (C=O) groups is 3. The third kappa shape index (κ3) is 3.00. The van der Waals surface area contributed by atoms with Crippen LogP contribution in [0.25, 0.3) is 0 Å². The Morgan fingerprint density at radius 1 is 1.33 bits per heavy atom. The SMILES string of the molecule is Cc1ccc([C@@]2(C)NC(=O)N(CC(=O)N[C@H](C)C3CC3)C2=O)cc1. The zero-order valence-corrected chi connectivity index (χ0v) is 14.3. The summed E-state index contributed by atoms with van der Waals surface area (Å²) in [7, 11) is 0. The molecule has 0 unspecified atom stereocenters. The van der Waals surface area contributed by atoms with Crippen molar-refractivity contribution in [2.75, 3.05) is 6.54 Å². The van der Waals surface area contributed by atoms with Crippen molar-refractivity contribution < 1.29 is 14.4 Å². The second kappa shape index (κ2) is 5.92. The summed E-state index contributed by atoms with van der Waals surface area (Å²) in [4.78, 5) is 38.1. The molecule has 2 atom stereocenters. The van der Waals surface area contributed by atoms with E-state index in [0.29, 0.717) is 11.5 Å². The maximum atomic E-state index is 12.8. The number of rotatable bonds is 5. The van der Waals surface area contributed by atoms with Crippen molar-refractivity contribution in [3.8, 4) is 0 Å². The minimum Gasteiger partial charge on any atom is -0.352 e. The number of hydrogen-bond donors (Lipinski definition) is 2. The van der Waals surface area contributed by atoms with E-state index < -0.39 is 17.5 Å². The van der Waals surface area contributed by atoms with Crippen LogP contribution in [0.4, 0.5) is 4.79 Å². The third-order valence-corrected chi connectivity index (χ3v) is 4.92. The molecule has 1 aromatic rings. The Hall–Kier alpha value is -2.37. The van der Waals surface area contributed by atoms with Gasteiger partial charge in [-0.1, -0.05) is 29.8 Å². The predicted molar refractivity (Wildman–Crippen MR) is 89.1 cm³/mol. The molecular weight excluding hydrogens is 306 g/mol. The Morgan fingerprint density at radius 2 is 1.96 bits per heavy atom. The van der Waals surface area contributed by atoms with Crippen molar-refractivity contribution in [3.05, 3.63) is 35.4 Å². The summed E-state index contributed by atoms with van der Waals surface area (Å²) in [5.74, 6) is -0.175. The van der Waals surface area contributed by atoms with Crippen LogP contribution in [0.5, 0.6) is 0 Å². The molecule has 1 aliphatic heterocycles. The van der Waals surface area contributed by atoms with E-state index in [1.54, 1.807) is 6.92 Å². The van der Waals surface area contributed by atoms with E-state index in [-0.39, 0.29) is 18.5 Å². The van der Waals surface area contributed by atoms with Gasteiger partial charge in [0.15, 0.2) is 0 Å². The maximum Gasteiger partial charge on any atom is 0.325 e. The number of benzene rings is 1. The fraction of sp³-hybridized carbons (Fsp3) is 0.500. The lowest BCUT2D eigenvalue weighted by Gasteiger charge is -2.22. The van der Waals surface area contributed by atoms with Crippen molar-refractivity contribution in [2.24, 2.45) is 5.92 Å². The van der Waals surface area contributed by atoms with Gasteiger partial charge in [-0.3, -0.25) is 14.5 Å². The topological polar surface area (TPSA) is 78.5 Å². The lowest BCUT2D eigenvalue weighted by molar-refractivity contribution is -0.135. The Kier molecular flexibility index (Phi) is 4.07. The van der Waals surface area contributed by atoms with Crippen molar-refractivity contribution in [3.63, 3.8) is 0 Å². The van der Waals surface area contributed by atoms with Gasteiger partial charge in [0, 0.05) is 6.04 Å². The number of carbonyl (C=O) groups excluding carboxylic acids is 3. The van der Waals surface area contributed by atoms with Gasteiger partial charge in [0.1, 0.15) is 12.1 Å². The lowest BCUT2D eigenvalue weighted by Crippen LogP contribution is -2.45. The molecule has 1 heterocycles. The van der Waals surface area contributed by atoms with Gasteiger partial charge in [-0.15, -0.1) is 0 Å². The highest BCUT2D eigenvalue weighted by molar-refractivity contribution is 6.09. The van der Waals surface area contributed by atoms with Crippen LogP contribution in [-0.2, 0) is 15.1 Å². The highest BCUT2D eigenvalue weighted by Gasteiger charge is 2.49. The van der Waals surface area contributed by atoms with Gasteiger partial charge in [-0.25, -0.2) is 4.79 Å². The van der Waals surface area contributed by atoms with Crippen LogP contribution in [0.3, 0.4) is 0 Å². The van der Waals surface area contributed by atoms with Gasteiger partial charge in [0.05, 0.1) is 0 Å². The van der Waals surface area contributed by atoms with Crippen LogP contribution < -0.4 is 10.6 Å². The van der Waals surface area contributed by atoms with Crippen molar-refractivity contribution in [2.45, 2.75) is 45.2 Å². The fourth-order valence-electron chi connectivity index (χ4n) is 3.08. The fourth-order valence-corrected chi connectivity index (χ4v) is 3.08. The van der Waals surface area contributed by atoms with Gasteiger partial charge >= 0.3 is 6.03 Å². The van der Waals surface area contributed by atoms with Gasteiger partial charge < -0.3 is 10.6 Å². The van der Waals surface area contributed by atoms with Crippen LogP contribution >= 0.6 is 0 Å². The minimum absolute atomic E-state index is 0.0850. The van der Waals surface area contributed by atoms with Crippen LogP contribution in [0.1, 0.15) is 37.8 Å². The maximum absolute atomic E-state index is 12.8. The van der Waals surface area contributed by atoms with E-state index in [2.05, 4.69) is 10.6 Å². The molecular formula is C18H23N3O3. The van der Waals surface area contributed by atoms with Crippen LogP contribution in [-0.4, -0.2) is 35.3 Å². The second-order valence-electron chi connectivity index (χ2n) is 7.01. The quantitative estimate of drug-likeness (QED) is 0.807. The summed E-state index contributed by atoms with van der Waals surface area (Å²) in [6, 6.07) is 7.00. The molecule has 2 fully saturated rings. The van der Waals surface area contributed by atoms with Gasteiger partial charge in [0.2, 0.25) is 5.91 Å². The zero-order chi connectivity index (χ0) is 17.5. The Labute approximate surface area is 141 Å². The monoisotopic (exact) mass is 329 g/mol. The first-order valence-electron chi connectivity index (χ1n) is 8.32.